The highest BCUT2D eigenvalue weighted by atomic mass is 32.2. The first-order valence-corrected chi connectivity index (χ1v) is 12.4. The van der Waals surface area contributed by atoms with Gasteiger partial charge in [-0.1, -0.05) is 31.2 Å². The van der Waals surface area contributed by atoms with Gasteiger partial charge in [0.2, 0.25) is 10.0 Å². The molecule has 1 aliphatic heterocycles. The van der Waals surface area contributed by atoms with Crippen LogP contribution < -0.4 is 5.32 Å². The third kappa shape index (κ3) is 4.29. The highest BCUT2D eigenvalue weighted by Gasteiger charge is 2.29. The second kappa shape index (κ2) is 8.88. The zero-order chi connectivity index (χ0) is 21.1. The first-order chi connectivity index (χ1) is 14.5. The summed E-state index contributed by atoms with van der Waals surface area (Å²) in [7, 11) is -3.11. The number of rotatable bonds is 7. The highest BCUT2D eigenvalue weighted by molar-refractivity contribution is 7.89. The third-order valence-electron chi connectivity index (χ3n) is 6.04. The minimum Gasteiger partial charge on any atom is -0.313 e. The molecule has 0 amide bonds. The SMILES string of the molecule is CCNCc1cccc(-c2ccc3n[nH]c(C4CCN(S(=O)(=O)CC)CC4)c3c2)c1. The van der Waals surface area contributed by atoms with Gasteiger partial charge in [-0.3, -0.25) is 5.10 Å². The Morgan fingerprint density at radius 1 is 1.10 bits per heavy atom. The van der Waals surface area contributed by atoms with Crippen molar-refractivity contribution in [1.82, 2.24) is 19.8 Å². The van der Waals surface area contributed by atoms with Gasteiger partial charge >= 0.3 is 0 Å². The molecular formula is C23H30N4O2S. The summed E-state index contributed by atoms with van der Waals surface area (Å²) in [5.41, 5.74) is 5.73. The Bertz CT molecular complexity index is 1120. The first kappa shape index (κ1) is 21.0. The van der Waals surface area contributed by atoms with Gasteiger partial charge in [0.1, 0.15) is 0 Å². The Kier molecular flexibility index (Phi) is 6.22. The molecule has 6 nitrogen and oxygen atoms in total. The number of nitrogens with one attached hydrogen (secondary N) is 2. The number of piperidine rings is 1. The highest BCUT2D eigenvalue weighted by Crippen LogP contribution is 2.34. The summed E-state index contributed by atoms with van der Waals surface area (Å²) in [6.07, 6.45) is 1.64. The van der Waals surface area contributed by atoms with Crippen molar-refractivity contribution in [3.05, 3.63) is 53.7 Å². The largest absolute Gasteiger partial charge is 0.313 e. The summed E-state index contributed by atoms with van der Waals surface area (Å²) < 4.78 is 25.9. The quantitative estimate of drug-likeness (QED) is 0.601. The number of sulfonamides is 1. The number of aromatic amines is 1. The van der Waals surface area contributed by atoms with Gasteiger partial charge in [0.25, 0.3) is 0 Å². The van der Waals surface area contributed by atoms with Crippen molar-refractivity contribution >= 4 is 20.9 Å². The molecule has 1 aromatic heterocycles. The van der Waals surface area contributed by atoms with Crippen molar-refractivity contribution in [1.29, 1.82) is 0 Å². The lowest BCUT2D eigenvalue weighted by Gasteiger charge is -2.30. The van der Waals surface area contributed by atoms with E-state index in [1.165, 1.54) is 16.7 Å². The predicted octanol–water partition coefficient (Wildman–Crippen LogP) is 3.87. The number of H-pyrrole nitrogens is 1. The van der Waals surface area contributed by atoms with Gasteiger partial charge < -0.3 is 5.32 Å². The number of hydrogen-bond donors (Lipinski definition) is 2. The lowest BCUT2D eigenvalue weighted by atomic mass is 9.91. The maximum Gasteiger partial charge on any atom is 0.213 e. The van der Waals surface area contributed by atoms with Crippen LogP contribution in [0.2, 0.25) is 0 Å². The fourth-order valence-corrected chi connectivity index (χ4v) is 5.39. The van der Waals surface area contributed by atoms with E-state index in [1.54, 1.807) is 11.2 Å². The maximum absolute atomic E-state index is 12.2. The lowest BCUT2D eigenvalue weighted by molar-refractivity contribution is 0.318. The molecule has 0 unspecified atom stereocenters. The molecule has 0 spiro atoms. The topological polar surface area (TPSA) is 78.1 Å². The molecule has 2 aromatic carbocycles. The van der Waals surface area contributed by atoms with Crippen LogP contribution in [0.25, 0.3) is 22.0 Å². The van der Waals surface area contributed by atoms with Crippen LogP contribution in [0.1, 0.15) is 43.9 Å². The second-order valence-electron chi connectivity index (χ2n) is 7.92. The van der Waals surface area contributed by atoms with Gasteiger partial charge in [-0.25, -0.2) is 12.7 Å². The van der Waals surface area contributed by atoms with E-state index >= 15 is 0 Å². The zero-order valence-electron chi connectivity index (χ0n) is 17.7. The van der Waals surface area contributed by atoms with Crippen LogP contribution in [0.4, 0.5) is 0 Å². The fourth-order valence-electron chi connectivity index (χ4n) is 4.26. The normalized spacial score (nSPS) is 16.3. The van der Waals surface area contributed by atoms with E-state index in [1.807, 2.05) is 0 Å². The molecule has 4 rings (SSSR count). The Balaban J connectivity index is 1.59. The summed E-state index contributed by atoms with van der Waals surface area (Å²) in [4.78, 5) is 0. The van der Waals surface area contributed by atoms with E-state index in [0.717, 1.165) is 42.5 Å². The summed E-state index contributed by atoms with van der Waals surface area (Å²) in [6, 6.07) is 15.0. The van der Waals surface area contributed by atoms with Gasteiger partial charge in [-0.15, -0.1) is 0 Å². The maximum atomic E-state index is 12.2. The third-order valence-corrected chi connectivity index (χ3v) is 7.92. The molecule has 2 heterocycles. The molecule has 3 aromatic rings. The summed E-state index contributed by atoms with van der Waals surface area (Å²) in [5, 5.41) is 12.3. The lowest BCUT2D eigenvalue weighted by Crippen LogP contribution is -2.38. The molecule has 1 aliphatic rings. The fraction of sp³-hybridized carbons (Fsp3) is 0.435. The Labute approximate surface area is 178 Å². The van der Waals surface area contributed by atoms with Crippen LogP contribution in [-0.2, 0) is 16.6 Å². The molecule has 160 valence electrons. The molecular weight excluding hydrogens is 396 g/mol. The Morgan fingerprint density at radius 2 is 1.87 bits per heavy atom. The molecule has 1 saturated heterocycles. The van der Waals surface area contributed by atoms with Gasteiger partial charge in [-0.2, -0.15) is 5.10 Å². The van der Waals surface area contributed by atoms with Gasteiger partial charge in [0.05, 0.1) is 11.3 Å². The van der Waals surface area contributed by atoms with E-state index in [4.69, 9.17) is 0 Å². The van der Waals surface area contributed by atoms with Crippen molar-refractivity contribution in [2.75, 3.05) is 25.4 Å². The van der Waals surface area contributed by atoms with Gasteiger partial charge in [-0.05, 0) is 61.2 Å². The Morgan fingerprint density at radius 3 is 2.60 bits per heavy atom. The van der Waals surface area contributed by atoms with Crippen LogP contribution in [-0.4, -0.2) is 48.3 Å². The molecule has 0 bridgehead atoms. The second-order valence-corrected chi connectivity index (χ2v) is 10.2. The van der Waals surface area contributed by atoms with E-state index in [2.05, 4.69) is 64.9 Å². The number of benzene rings is 2. The number of aromatic nitrogens is 2. The van der Waals surface area contributed by atoms with Crippen LogP contribution in [0.5, 0.6) is 0 Å². The molecule has 0 radical (unpaired) electrons. The predicted molar refractivity (Wildman–Crippen MR) is 122 cm³/mol. The monoisotopic (exact) mass is 426 g/mol. The molecule has 30 heavy (non-hydrogen) atoms. The smallest absolute Gasteiger partial charge is 0.213 e. The standard InChI is InChI=1S/C23H30N4O2S/c1-3-24-16-17-6-5-7-19(14-17)20-8-9-22-21(15-20)23(26-25-22)18-10-12-27(13-11-18)30(28,29)4-2/h5-9,14-15,18,24H,3-4,10-13,16H2,1-2H3,(H,25,26). The number of fused-ring (bicyclic) bond motifs is 1. The molecule has 0 saturated carbocycles. The van der Waals surface area contributed by atoms with Crippen LogP contribution in [0.3, 0.4) is 0 Å². The number of hydrogen-bond acceptors (Lipinski definition) is 4. The van der Waals surface area contributed by atoms with Crippen molar-refractivity contribution in [2.45, 2.75) is 39.2 Å². The minimum absolute atomic E-state index is 0.168. The Hall–Kier alpha value is -2.22. The van der Waals surface area contributed by atoms with E-state index in [-0.39, 0.29) is 5.75 Å². The molecule has 2 N–H and O–H groups in total. The summed E-state index contributed by atoms with van der Waals surface area (Å²) >= 11 is 0. The molecule has 1 fully saturated rings. The zero-order valence-corrected chi connectivity index (χ0v) is 18.5. The first-order valence-electron chi connectivity index (χ1n) is 10.8. The van der Waals surface area contributed by atoms with Crippen molar-refractivity contribution in [3.8, 4) is 11.1 Å². The van der Waals surface area contributed by atoms with Crippen LogP contribution in [0.15, 0.2) is 42.5 Å². The van der Waals surface area contributed by atoms with Crippen molar-refractivity contribution in [3.63, 3.8) is 0 Å². The average molecular weight is 427 g/mol. The van der Waals surface area contributed by atoms with Gasteiger partial charge in [0, 0.05) is 36.6 Å². The van der Waals surface area contributed by atoms with E-state index < -0.39 is 10.0 Å². The van der Waals surface area contributed by atoms with Crippen LogP contribution in [0, 0.1) is 0 Å². The minimum atomic E-state index is -3.11. The summed E-state index contributed by atoms with van der Waals surface area (Å²) in [6.45, 7) is 6.79. The summed E-state index contributed by atoms with van der Waals surface area (Å²) in [5.74, 6) is 0.467. The molecule has 7 heteroatoms. The van der Waals surface area contributed by atoms with Crippen molar-refractivity contribution < 1.29 is 8.42 Å². The van der Waals surface area contributed by atoms with E-state index in [9.17, 15) is 8.42 Å². The molecule has 0 atom stereocenters. The molecule has 0 aliphatic carbocycles. The number of nitrogens with zero attached hydrogens (tertiary/aromatic N) is 2. The van der Waals surface area contributed by atoms with Crippen molar-refractivity contribution in [2.24, 2.45) is 0 Å². The van der Waals surface area contributed by atoms with E-state index in [0.29, 0.717) is 19.0 Å². The van der Waals surface area contributed by atoms with Crippen LogP contribution >= 0.6 is 0 Å². The average Bonchev–Trinajstić information content (AvgIpc) is 3.21. The van der Waals surface area contributed by atoms with Gasteiger partial charge in [0.15, 0.2) is 0 Å².